The lowest BCUT2D eigenvalue weighted by molar-refractivity contribution is -0.127. The van der Waals surface area contributed by atoms with E-state index in [0.29, 0.717) is 30.9 Å². The SMILES string of the molecule is O=C(CCNC(=O)c1cccs1)NCCCN1CCCC1=O. The third kappa shape index (κ3) is 5.14. The van der Waals surface area contributed by atoms with Gasteiger partial charge in [0.05, 0.1) is 4.88 Å². The van der Waals surface area contributed by atoms with Gasteiger partial charge in [0.25, 0.3) is 5.91 Å². The number of hydrogen-bond acceptors (Lipinski definition) is 4. The molecule has 0 bridgehead atoms. The largest absolute Gasteiger partial charge is 0.356 e. The minimum Gasteiger partial charge on any atom is -0.356 e. The highest BCUT2D eigenvalue weighted by atomic mass is 32.1. The highest BCUT2D eigenvalue weighted by molar-refractivity contribution is 7.12. The molecule has 6 nitrogen and oxygen atoms in total. The number of hydrogen-bond donors (Lipinski definition) is 2. The van der Waals surface area contributed by atoms with Crippen molar-refractivity contribution in [1.82, 2.24) is 15.5 Å². The lowest BCUT2D eigenvalue weighted by atomic mass is 10.3. The Kier molecular flexibility index (Phi) is 6.39. The average molecular weight is 323 g/mol. The molecular formula is C15H21N3O3S. The van der Waals surface area contributed by atoms with Gasteiger partial charge in [0.2, 0.25) is 11.8 Å². The summed E-state index contributed by atoms with van der Waals surface area (Å²) in [5.41, 5.74) is 0. The molecule has 1 aromatic rings. The fourth-order valence-corrected chi connectivity index (χ4v) is 2.95. The van der Waals surface area contributed by atoms with Gasteiger partial charge in [0, 0.05) is 39.0 Å². The number of carbonyl (C=O) groups excluding carboxylic acids is 3. The molecule has 0 saturated carbocycles. The van der Waals surface area contributed by atoms with E-state index in [4.69, 9.17) is 0 Å². The summed E-state index contributed by atoms with van der Waals surface area (Å²) in [5, 5.41) is 7.36. The Morgan fingerprint density at radius 1 is 1.27 bits per heavy atom. The van der Waals surface area contributed by atoms with Crippen LogP contribution in [0.2, 0.25) is 0 Å². The standard InChI is InChI=1S/C15H21N3O3S/c19-13(6-8-17-15(21)12-4-2-11-22-12)16-7-3-10-18-9-1-5-14(18)20/h2,4,11H,1,3,5-10H2,(H,16,19)(H,17,21). The zero-order valence-corrected chi connectivity index (χ0v) is 13.3. The van der Waals surface area contributed by atoms with E-state index in [0.717, 1.165) is 19.4 Å². The smallest absolute Gasteiger partial charge is 0.261 e. The summed E-state index contributed by atoms with van der Waals surface area (Å²) in [6.45, 7) is 2.42. The molecule has 120 valence electrons. The zero-order valence-electron chi connectivity index (χ0n) is 12.5. The Labute approximate surface area is 133 Å². The summed E-state index contributed by atoms with van der Waals surface area (Å²) in [6, 6.07) is 3.57. The van der Waals surface area contributed by atoms with Gasteiger partial charge in [-0.1, -0.05) is 6.07 Å². The van der Waals surface area contributed by atoms with Crippen molar-refractivity contribution in [2.24, 2.45) is 0 Å². The molecule has 22 heavy (non-hydrogen) atoms. The normalized spacial score (nSPS) is 14.2. The summed E-state index contributed by atoms with van der Waals surface area (Å²) < 4.78 is 0. The second-order valence-corrected chi connectivity index (χ2v) is 6.12. The number of thiophene rings is 1. The van der Waals surface area contributed by atoms with Crippen molar-refractivity contribution in [2.75, 3.05) is 26.2 Å². The highest BCUT2D eigenvalue weighted by Gasteiger charge is 2.18. The topological polar surface area (TPSA) is 78.5 Å². The number of amides is 3. The molecule has 0 radical (unpaired) electrons. The third-order valence-corrected chi connectivity index (χ3v) is 4.35. The molecule has 0 atom stereocenters. The van der Waals surface area contributed by atoms with Crippen LogP contribution in [0, 0.1) is 0 Å². The summed E-state index contributed by atoms with van der Waals surface area (Å²) >= 11 is 1.37. The van der Waals surface area contributed by atoms with E-state index < -0.39 is 0 Å². The number of rotatable bonds is 8. The average Bonchev–Trinajstić information content (AvgIpc) is 3.15. The molecule has 0 aliphatic carbocycles. The minimum absolute atomic E-state index is 0.0840. The second-order valence-electron chi connectivity index (χ2n) is 5.17. The Bertz CT molecular complexity index is 516. The Balaban J connectivity index is 1.51. The molecule has 3 amide bonds. The van der Waals surface area contributed by atoms with Gasteiger partial charge >= 0.3 is 0 Å². The fraction of sp³-hybridized carbons (Fsp3) is 0.533. The van der Waals surface area contributed by atoms with Crippen molar-refractivity contribution < 1.29 is 14.4 Å². The first kappa shape index (κ1) is 16.5. The monoisotopic (exact) mass is 323 g/mol. The first-order valence-corrected chi connectivity index (χ1v) is 8.41. The van der Waals surface area contributed by atoms with Crippen LogP contribution in [0.5, 0.6) is 0 Å². The van der Waals surface area contributed by atoms with E-state index in [9.17, 15) is 14.4 Å². The van der Waals surface area contributed by atoms with Crippen LogP contribution in [0.15, 0.2) is 17.5 Å². The summed E-state index contributed by atoms with van der Waals surface area (Å²) in [6.07, 6.45) is 2.62. The van der Waals surface area contributed by atoms with Crippen LogP contribution in [0.25, 0.3) is 0 Å². The van der Waals surface area contributed by atoms with Gasteiger partial charge in [-0.25, -0.2) is 0 Å². The van der Waals surface area contributed by atoms with Crippen LogP contribution in [-0.4, -0.2) is 48.8 Å². The minimum atomic E-state index is -0.143. The predicted molar refractivity (Wildman–Crippen MR) is 84.7 cm³/mol. The number of nitrogens with zero attached hydrogens (tertiary/aromatic N) is 1. The van der Waals surface area contributed by atoms with Crippen molar-refractivity contribution in [3.8, 4) is 0 Å². The first-order chi connectivity index (χ1) is 10.7. The maximum absolute atomic E-state index is 11.7. The molecule has 0 spiro atoms. The van der Waals surface area contributed by atoms with E-state index in [1.54, 1.807) is 6.07 Å². The number of carbonyl (C=O) groups is 3. The van der Waals surface area contributed by atoms with E-state index >= 15 is 0 Å². The van der Waals surface area contributed by atoms with Gasteiger partial charge in [-0.05, 0) is 24.3 Å². The Morgan fingerprint density at radius 2 is 2.14 bits per heavy atom. The van der Waals surface area contributed by atoms with Crippen LogP contribution in [-0.2, 0) is 9.59 Å². The van der Waals surface area contributed by atoms with Crippen LogP contribution >= 0.6 is 11.3 Å². The summed E-state index contributed by atoms with van der Waals surface area (Å²) in [7, 11) is 0. The van der Waals surface area contributed by atoms with E-state index in [1.165, 1.54) is 11.3 Å². The lowest BCUT2D eigenvalue weighted by Gasteiger charge is -2.15. The molecule has 1 aromatic heterocycles. The molecule has 7 heteroatoms. The first-order valence-electron chi connectivity index (χ1n) is 7.53. The summed E-state index contributed by atoms with van der Waals surface area (Å²) in [5.74, 6) is -0.0165. The van der Waals surface area contributed by atoms with Crippen molar-refractivity contribution in [1.29, 1.82) is 0 Å². The maximum Gasteiger partial charge on any atom is 0.261 e. The molecule has 2 rings (SSSR count). The Morgan fingerprint density at radius 3 is 2.82 bits per heavy atom. The molecular weight excluding hydrogens is 302 g/mol. The lowest BCUT2D eigenvalue weighted by Crippen LogP contribution is -2.33. The van der Waals surface area contributed by atoms with E-state index in [2.05, 4.69) is 10.6 Å². The van der Waals surface area contributed by atoms with Crippen LogP contribution in [0.4, 0.5) is 0 Å². The predicted octanol–water partition coefficient (Wildman–Crippen LogP) is 0.997. The number of likely N-dealkylation sites (tertiary alicyclic amines) is 1. The Hall–Kier alpha value is -1.89. The van der Waals surface area contributed by atoms with Gasteiger partial charge in [-0.3, -0.25) is 14.4 Å². The zero-order chi connectivity index (χ0) is 15.8. The fourth-order valence-electron chi connectivity index (χ4n) is 2.31. The van der Waals surface area contributed by atoms with E-state index in [-0.39, 0.29) is 24.1 Å². The molecule has 2 N–H and O–H groups in total. The maximum atomic E-state index is 11.7. The quantitative estimate of drug-likeness (QED) is 0.701. The molecule has 0 unspecified atom stereocenters. The van der Waals surface area contributed by atoms with Crippen molar-refractivity contribution >= 4 is 29.1 Å². The van der Waals surface area contributed by atoms with Gasteiger partial charge in [-0.2, -0.15) is 0 Å². The summed E-state index contributed by atoms with van der Waals surface area (Å²) in [4.78, 5) is 37.2. The molecule has 0 aromatic carbocycles. The molecule has 1 fully saturated rings. The highest BCUT2D eigenvalue weighted by Crippen LogP contribution is 2.09. The second kappa shape index (κ2) is 8.53. The van der Waals surface area contributed by atoms with Gasteiger partial charge in [-0.15, -0.1) is 11.3 Å². The number of nitrogens with one attached hydrogen (secondary N) is 2. The van der Waals surface area contributed by atoms with Crippen LogP contribution in [0.1, 0.15) is 35.4 Å². The van der Waals surface area contributed by atoms with E-state index in [1.807, 2.05) is 16.3 Å². The van der Waals surface area contributed by atoms with Crippen molar-refractivity contribution in [3.05, 3.63) is 22.4 Å². The third-order valence-electron chi connectivity index (χ3n) is 3.48. The van der Waals surface area contributed by atoms with Crippen molar-refractivity contribution in [2.45, 2.75) is 25.7 Å². The van der Waals surface area contributed by atoms with Gasteiger partial charge in [0.15, 0.2) is 0 Å². The molecule has 1 saturated heterocycles. The van der Waals surface area contributed by atoms with Gasteiger partial charge < -0.3 is 15.5 Å². The van der Waals surface area contributed by atoms with Crippen LogP contribution in [0.3, 0.4) is 0 Å². The molecule has 2 heterocycles. The van der Waals surface area contributed by atoms with Crippen molar-refractivity contribution in [3.63, 3.8) is 0 Å². The molecule has 1 aliphatic rings. The van der Waals surface area contributed by atoms with Crippen LogP contribution < -0.4 is 10.6 Å². The molecule has 1 aliphatic heterocycles. The van der Waals surface area contributed by atoms with Gasteiger partial charge in [0.1, 0.15) is 0 Å².